The van der Waals surface area contributed by atoms with Crippen molar-refractivity contribution in [1.82, 2.24) is 0 Å². The number of carbonyl (C=O) groups is 1. The highest BCUT2D eigenvalue weighted by molar-refractivity contribution is 7.80. The van der Waals surface area contributed by atoms with Gasteiger partial charge in [-0.05, 0) is 42.4 Å². The molecule has 0 spiro atoms. The standard InChI is InChI=1S/C20H36OS/c1-2-3-4-5-6-7-11-18-12-10-13-19(18)15-16-20(22)14-8-9-17-21/h17-19H,2-16H2,1H3/t18-,19+/m0/s1. The Morgan fingerprint density at radius 2 is 1.64 bits per heavy atom. The lowest BCUT2D eigenvalue weighted by atomic mass is 9.86. The first-order valence-electron chi connectivity index (χ1n) is 9.73. The highest BCUT2D eigenvalue weighted by Gasteiger charge is 2.26. The van der Waals surface area contributed by atoms with E-state index in [-0.39, 0.29) is 0 Å². The minimum atomic E-state index is 0.671. The van der Waals surface area contributed by atoms with E-state index in [9.17, 15) is 4.79 Å². The van der Waals surface area contributed by atoms with Crippen LogP contribution in [0.2, 0.25) is 0 Å². The van der Waals surface area contributed by atoms with E-state index in [1.54, 1.807) is 0 Å². The molecule has 2 atom stereocenters. The first kappa shape index (κ1) is 19.8. The van der Waals surface area contributed by atoms with Crippen LogP contribution in [0.5, 0.6) is 0 Å². The molecule has 1 aliphatic rings. The van der Waals surface area contributed by atoms with Gasteiger partial charge in [-0.3, -0.25) is 0 Å². The van der Waals surface area contributed by atoms with Gasteiger partial charge in [0.25, 0.3) is 0 Å². The van der Waals surface area contributed by atoms with Crippen LogP contribution in [-0.2, 0) is 4.79 Å². The van der Waals surface area contributed by atoms with Gasteiger partial charge in [0.1, 0.15) is 6.29 Å². The maximum atomic E-state index is 10.3. The Kier molecular flexibility index (Phi) is 11.9. The number of hydrogen-bond donors (Lipinski definition) is 0. The molecule has 0 unspecified atom stereocenters. The maximum absolute atomic E-state index is 10.3. The molecule has 0 amide bonds. The second-order valence-electron chi connectivity index (χ2n) is 7.14. The number of rotatable bonds is 14. The summed E-state index contributed by atoms with van der Waals surface area (Å²) in [6, 6.07) is 0. The second-order valence-corrected chi connectivity index (χ2v) is 7.72. The van der Waals surface area contributed by atoms with Gasteiger partial charge in [0.05, 0.1) is 0 Å². The molecule has 0 aromatic carbocycles. The van der Waals surface area contributed by atoms with Crippen molar-refractivity contribution in [2.75, 3.05) is 0 Å². The summed E-state index contributed by atoms with van der Waals surface area (Å²) < 4.78 is 0. The Morgan fingerprint density at radius 3 is 2.36 bits per heavy atom. The van der Waals surface area contributed by atoms with E-state index in [4.69, 9.17) is 12.2 Å². The third-order valence-corrected chi connectivity index (χ3v) is 5.72. The quantitative estimate of drug-likeness (QED) is 0.201. The van der Waals surface area contributed by atoms with Crippen LogP contribution in [-0.4, -0.2) is 11.2 Å². The van der Waals surface area contributed by atoms with E-state index in [0.29, 0.717) is 6.42 Å². The molecule has 2 heteroatoms. The van der Waals surface area contributed by atoms with E-state index in [1.165, 1.54) is 75.5 Å². The second kappa shape index (κ2) is 13.2. The zero-order valence-corrected chi connectivity index (χ0v) is 15.5. The fourth-order valence-electron chi connectivity index (χ4n) is 3.91. The number of thiocarbonyl (C=S) groups is 1. The summed E-state index contributed by atoms with van der Waals surface area (Å²) in [6.45, 7) is 2.28. The third kappa shape index (κ3) is 9.02. The van der Waals surface area contributed by atoms with Crippen molar-refractivity contribution < 1.29 is 4.79 Å². The van der Waals surface area contributed by atoms with E-state index < -0.39 is 0 Å². The van der Waals surface area contributed by atoms with Gasteiger partial charge in [0, 0.05) is 6.42 Å². The summed E-state index contributed by atoms with van der Waals surface area (Å²) in [7, 11) is 0. The molecule has 0 heterocycles. The Hall–Kier alpha value is -0.240. The van der Waals surface area contributed by atoms with Gasteiger partial charge in [-0.15, -0.1) is 0 Å². The van der Waals surface area contributed by atoms with Crippen molar-refractivity contribution in [3.05, 3.63) is 0 Å². The van der Waals surface area contributed by atoms with Crippen LogP contribution in [0.15, 0.2) is 0 Å². The summed E-state index contributed by atoms with van der Waals surface area (Å²) in [5.74, 6) is 1.91. The monoisotopic (exact) mass is 324 g/mol. The van der Waals surface area contributed by atoms with Crippen LogP contribution >= 0.6 is 12.2 Å². The van der Waals surface area contributed by atoms with Crippen molar-refractivity contribution in [1.29, 1.82) is 0 Å². The summed E-state index contributed by atoms with van der Waals surface area (Å²) >= 11 is 5.47. The van der Waals surface area contributed by atoms with E-state index >= 15 is 0 Å². The Balaban J connectivity index is 2.09. The molecule has 0 N–H and O–H groups in total. The normalized spacial score (nSPS) is 21.1. The average Bonchev–Trinajstić information content (AvgIpc) is 2.96. The lowest BCUT2D eigenvalue weighted by Crippen LogP contribution is -2.10. The van der Waals surface area contributed by atoms with Crippen molar-refractivity contribution in [3.8, 4) is 0 Å². The van der Waals surface area contributed by atoms with E-state index in [1.807, 2.05) is 0 Å². The van der Waals surface area contributed by atoms with Crippen molar-refractivity contribution in [2.45, 2.75) is 103 Å². The van der Waals surface area contributed by atoms with Gasteiger partial charge >= 0.3 is 0 Å². The molecular formula is C20H36OS. The summed E-state index contributed by atoms with van der Waals surface area (Å²) in [5.41, 5.74) is 0. The SMILES string of the molecule is CCCCCCCC[C@H]1CCC[C@@H]1CCC(=S)CCCC=O. The molecular weight excluding hydrogens is 288 g/mol. The zero-order chi connectivity index (χ0) is 16.0. The Morgan fingerprint density at radius 1 is 0.955 bits per heavy atom. The summed E-state index contributed by atoms with van der Waals surface area (Å²) in [5, 5.41) is 0. The number of aldehydes is 1. The van der Waals surface area contributed by atoms with Gasteiger partial charge in [-0.2, -0.15) is 0 Å². The molecule has 0 radical (unpaired) electrons. The topological polar surface area (TPSA) is 17.1 Å². The van der Waals surface area contributed by atoms with Crippen LogP contribution in [0.3, 0.4) is 0 Å². The van der Waals surface area contributed by atoms with Gasteiger partial charge in [0.2, 0.25) is 0 Å². The first-order chi connectivity index (χ1) is 10.8. The molecule has 1 rings (SSSR count). The van der Waals surface area contributed by atoms with Gasteiger partial charge in [-0.25, -0.2) is 0 Å². The number of hydrogen-bond acceptors (Lipinski definition) is 2. The van der Waals surface area contributed by atoms with Crippen molar-refractivity contribution in [2.24, 2.45) is 11.8 Å². The first-order valence-corrected chi connectivity index (χ1v) is 10.1. The molecule has 0 aliphatic heterocycles. The molecule has 128 valence electrons. The van der Waals surface area contributed by atoms with Crippen molar-refractivity contribution in [3.63, 3.8) is 0 Å². The fraction of sp³-hybridized carbons (Fsp3) is 0.900. The maximum Gasteiger partial charge on any atom is 0.120 e. The molecule has 1 saturated carbocycles. The van der Waals surface area contributed by atoms with Gasteiger partial charge in [0.15, 0.2) is 0 Å². The molecule has 1 nitrogen and oxygen atoms in total. The van der Waals surface area contributed by atoms with Crippen LogP contribution in [0.1, 0.15) is 103 Å². The summed E-state index contributed by atoms with van der Waals surface area (Å²) in [4.78, 5) is 11.5. The molecule has 0 aromatic heterocycles. The Bertz CT molecular complexity index is 300. The van der Waals surface area contributed by atoms with Crippen molar-refractivity contribution >= 4 is 23.4 Å². The smallest absolute Gasteiger partial charge is 0.120 e. The average molecular weight is 325 g/mol. The van der Waals surface area contributed by atoms with E-state index in [0.717, 1.165) is 37.4 Å². The molecule has 0 aromatic rings. The predicted octanol–water partition coefficient (Wildman–Crippen LogP) is 6.67. The highest BCUT2D eigenvalue weighted by Crippen LogP contribution is 2.38. The fourth-order valence-corrected chi connectivity index (χ4v) is 4.18. The Labute approximate surface area is 143 Å². The summed E-state index contributed by atoms with van der Waals surface area (Å²) in [6.07, 6.45) is 20.3. The molecule has 1 aliphatic carbocycles. The third-order valence-electron chi connectivity index (χ3n) is 5.32. The molecule has 0 bridgehead atoms. The highest BCUT2D eigenvalue weighted by atomic mass is 32.1. The van der Waals surface area contributed by atoms with Gasteiger partial charge < -0.3 is 4.79 Å². The zero-order valence-electron chi connectivity index (χ0n) is 14.7. The largest absolute Gasteiger partial charge is 0.303 e. The van der Waals surface area contributed by atoms with Crippen LogP contribution < -0.4 is 0 Å². The minimum Gasteiger partial charge on any atom is -0.303 e. The molecule has 1 fully saturated rings. The van der Waals surface area contributed by atoms with Gasteiger partial charge in [-0.1, -0.05) is 83.3 Å². The van der Waals surface area contributed by atoms with E-state index in [2.05, 4.69) is 6.92 Å². The van der Waals surface area contributed by atoms with Crippen LogP contribution in [0.4, 0.5) is 0 Å². The predicted molar refractivity (Wildman–Crippen MR) is 101 cm³/mol. The minimum absolute atomic E-state index is 0.671. The molecule has 22 heavy (non-hydrogen) atoms. The number of unbranched alkanes of at least 4 members (excludes halogenated alkanes) is 6. The number of carbonyl (C=O) groups excluding carboxylic acids is 1. The lowest BCUT2D eigenvalue weighted by molar-refractivity contribution is -0.107. The lowest BCUT2D eigenvalue weighted by Gasteiger charge is -2.19. The van der Waals surface area contributed by atoms with Crippen LogP contribution in [0.25, 0.3) is 0 Å². The molecule has 0 saturated heterocycles. The van der Waals surface area contributed by atoms with Crippen LogP contribution in [0, 0.1) is 11.8 Å².